The van der Waals surface area contributed by atoms with Crippen LogP contribution >= 0.6 is 0 Å². The van der Waals surface area contributed by atoms with Crippen LogP contribution in [-0.2, 0) is 11.2 Å². The van der Waals surface area contributed by atoms with E-state index < -0.39 is 0 Å². The minimum absolute atomic E-state index is 0.131. The monoisotopic (exact) mass is 424 g/mol. The van der Waals surface area contributed by atoms with Crippen molar-refractivity contribution in [2.75, 3.05) is 26.7 Å². The summed E-state index contributed by atoms with van der Waals surface area (Å²) in [6.07, 6.45) is 4.46. The lowest BCUT2D eigenvalue weighted by atomic mass is 9.95. The third kappa shape index (κ3) is 4.89. The smallest absolute Gasteiger partial charge is 0.253 e. The summed E-state index contributed by atoms with van der Waals surface area (Å²) < 4.78 is 18.4. The largest absolute Gasteiger partial charge is 0.497 e. The molecule has 2 aliphatic heterocycles. The van der Waals surface area contributed by atoms with Gasteiger partial charge in [0.15, 0.2) is 0 Å². The molecule has 2 aliphatic rings. The molecular weight excluding hydrogens is 395 g/mol. The van der Waals surface area contributed by atoms with Crippen molar-refractivity contribution in [1.29, 1.82) is 0 Å². The molecule has 2 heterocycles. The van der Waals surface area contributed by atoms with Gasteiger partial charge >= 0.3 is 0 Å². The Bertz CT molecular complexity index is 913. The fourth-order valence-corrected chi connectivity index (χ4v) is 4.74. The first-order valence-electron chi connectivity index (χ1n) is 11.0. The zero-order chi connectivity index (χ0) is 21.8. The molecule has 0 aromatic heterocycles. The maximum atomic E-state index is 13.4. The van der Waals surface area contributed by atoms with Crippen molar-refractivity contribution in [2.24, 2.45) is 5.92 Å². The van der Waals surface area contributed by atoms with E-state index in [0.29, 0.717) is 18.7 Å². The maximum absolute atomic E-state index is 13.4. The predicted octanol–water partition coefficient (Wildman–Crippen LogP) is 3.92. The second-order valence-electron chi connectivity index (χ2n) is 8.48. The van der Waals surface area contributed by atoms with Crippen LogP contribution in [0.3, 0.4) is 0 Å². The molecule has 2 aromatic rings. The van der Waals surface area contributed by atoms with Gasteiger partial charge in [0.1, 0.15) is 11.6 Å². The van der Waals surface area contributed by atoms with Crippen molar-refractivity contribution < 1.29 is 18.7 Å². The molecule has 0 spiro atoms. The van der Waals surface area contributed by atoms with Gasteiger partial charge < -0.3 is 14.5 Å². The Morgan fingerprint density at radius 1 is 1.00 bits per heavy atom. The lowest BCUT2D eigenvalue weighted by Gasteiger charge is -2.35. The van der Waals surface area contributed by atoms with E-state index in [9.17, 15) is 14.0 Å². The van der Waals surface area contributed by atoms with Gasteiger partial charge in [-0.1, -0.05) is 12.1 Å². The maximum Gasteiger partial charge on any atom is 0.253 e. The second-order valence-corrected chi connectivity index (χ2v) is 8.48. The Morgan fingerprint density at radius 3 is 2.42 bits per heavy atom. The second kappa shape index (κ2) is 9.50. The molecular formula is C25H29FN2O3. The van der Waals surface area contributed by atoms with Gasteiger partial charge in [-0.25, -0.2) is 4.39 Å². The number of ether oxygens (including phenoxy) is 1. The molecule has 0 radical (unpaired) electrons. The number of nitrogens with zero attached hydrogens (tertiary/aromatic N) is 2. The molecule has 2 amide bonds. The number of amides is 2. The summed E-state index contributed by atoms with van der Waals surface area (Å²) in [7, 11) is 1.65. The molecule has 0 saturated carbocycles. The Balaban J connectivity index is 1.40. The first-order valence-corrected chi connectivity index (χ1v) is 11.0. The van der Waals surface area contributed by atoms with Crippen molar-refractivity contribution in [1.82, 2.24) is 9.80 Å². The van der Waals surface area contributed by atoms with Crippen LogP contribution in [0.25, 0.3) is 0 Å². The van der Waals surface area contributed by atoms with E-state index in [1.165, 1.54) is 29.8 Å². The third-order valence-electron chi connectivity index (χ3n) is 6.44. The predicted molar refractivity (Wildman–Crippen MR) is 116 cm³/mol. The molecule has 4 rings (SSSR count). The van der Waals surface area contributed by atoms with Crippen LogP contribution in [0.2, 0.25) is 0 Å². The van der Waals surface area contributed by atoms with E-state index in [2.05, 4.69) is 12.1 Å². The average molecular weight is 425 g/mol. The molecule has 0 unspecified atom stereocenters. The van der Waals surface area contributed by atoms with Crippen LogP contribution in [0, 0.1) is 11.7 Å². The number of methoxy groups -OCH3 is 1. The first-order chi connectivity index (χ1) is 15.0. The molecule has 2 fully saturated rings. The zero-order valence-corrected chi connectivity index (χ0v) is 17.9. The van der Waals surface area contributed by atoms with Crippen molar-refractivity contribution >= 4 is 11.8 Å². The van der Waals surface area contributed by atoms with Gasteiger partial charge in [0.05, 0.1) is 13.0 Å². The standard InChI is InChI=1S/C25H29FN2O3/c1-31-23-12-6-18(7-13-23)16-22-5-3-15-28(22)25(30)20-4-2-14-27(17-20)24(29)19-8-10-21(26)11-9-19/h6-13,20,22H,2-5,14-17H2,1H3/t20-,22-/m0/s1. The third-order valence-corrected chi connectivity index (χ3v) is 6.44. The number of piperidine rings is 1. The van der Waals surface area contributed by atoms with Crippen LogP contribution in [0.4, 0.5) is 4.39 Å². The van der Waals surface area contributed by atoms with Crippen LogP contribution in [0.15, 0.2) is 48.5 Å². The van der Waals surface area contributed by atoms with Gasteiger partial charge in [-0.3, -0.25) is 9.59 Å². The van der Waals surface area contributed by atoms with E-state index in [-0.39, 0.29) is 29.6 Å². The van der Waals surface area contributed by atoms with E-state index in [1.54, 1.807) is 12.0 Å². The van der Waals surface area contributed by atoms with Crippen molar-refractivity contribution in [2.45, 2.75) is 38.1 Å². The summed E-state index contributed by atoms with van der Waals surface area (Å²) >= 11 is 0. The average Bonchev–Trinajstić information content (AvgIpc) is 3.27. The highest BCUT2D eigenvalue weighted by Gasteiger charge is 2.36. The fourth-order valence-electron chi connectivity index (χ4n) is 4.74. The van der Waals surface area contributed by atoms with Crippen LogP contribution in [-0.4, -0.2) is 54.4 Å². The lowest BCUT2D eigenvalue weighted by Crippen LogP contribution is -2.48. The molecule has 164 valence electrons. The summed E-state index contributed by atoms with van der Waals surface area (Å²) in [5.74, 6) is 0.326. The van der Waals surface area contributed by atoms with Crippen LogP contribution < -0.4 is 4.74 Å². The number of carbonyl (C=O) groups excluding carboxylic acids is 2. The first kappa shape index (κ1) is 21.3. The number of rotatable bonds is 5. The zero-order valence-electron chi connectivity index (χ0n) is 17.9. The van der Waals surface area contributed by atoms with Gasteiger partial charge in [0, 0.05) is 31.2 Å². The minimum Gasteiger partial charge on any atom is -0.497 e. The summed E-state index contributed by atoms with van der Waals surface area (Å²) in [6, 6.07) is 13.8. The van der Waals surface area contributed by atoms with E-state index >= 15 is 0 Å². The molecule has 2 aromatic carbocycles. The molecule has 6 heteroatoms. The van der Waals surface area contributed by atoms with Crippen LogP contribution in [0.5, 0.6) is 5.75 Å². The van der Waals surface area contributed by atoms with E-state index in [0.717, 1.165) is 44.4 Å². The highest BCUT2D eigenvalue weighted by Crippen LogP contribution is 2.27. The number of hydrogen-bond donors (Lipinski definition) is 0. The highest BCUT2D eigenvalue weighted by atomic mass is 19.1. The van der Waals surface area contributed by atoms with Gasteiger partial charge in [0.25, 0.3) is 5.91 Å². The number of halogens is 1. The van der Waals surface area contributed by atoms with Gasteiger partial charge in [0.2, 0.25) is 5.91 Å². The van der Waals surface area contributed by atoms with Crippen LogP contribution in [0.1, 0.15) is 41.6 Å². The lowest BCUT2D eigenvalue weighted by molar-refractivity contribution is -0.137. The number of carbonyl (C=O) groups is 2. The Labute approximate surface area is 182 Å². The van der Waals surface area contributed by atoms with E-state index in [1.807, 2.05) is 17.0 Å². The van der Waals surface area contributed by atoms with Crippen molar-refractivity contribution in [3.8, 4) is 5.75 Å². The van der Waals surface area contributed by atoms with Gasteiger partial charge in [-0.2, -0.15) is 0 Å². The van der Waals surface area contributed by atoms with Crippen molar-refractivity contribution in [3.05, 3.63) is 65.5 Å². The normalized spacial score (nSPS) is 21.2. The fraction of sp³-hybridized carbons (Fsp3) is 0.440. The SMILES string of the molecule is COc1ccc(C[C@@H]2CCCN2C(=O)[C@H]2CCCN(C(=O)c3ccc(F)cc3)C2)cc1. The molecule has 0 bridgehead atoms. The summed E-state index contributed by atoms with van der Waals surface area (Å²) in [5.41, 5.74) is 1.66. The molecule has 2 atom stereocenters. The van der Waals surface area contributed by atoms with E-state index in [4.69, 9.17) is 4.74 Å². The van der Waals surface area contributed by atoms with Crippen molar-refractivity contribution in [3.63, 3.8) is 0 Å². The Morgan fingerprint density at radius 2 is 1.71 bits per heavy atom. The number of hydrogen-bond acceptors (Lipinski definition) is 3. The Kier molecular flexibility index (Phi) is 6.54. The van der Waals surface area contributed by atoms with Gasteiger partial charge in [-0.15, -0.1) is 0 Å². The minimum atomic E-state index is -0.361. The number of likely N-dealkylation sites (tertiary alicyclic amines) is 2. The Hall–Kier alpha value is -2.89. The van der Waals surface area contributed by atoms with Gasteiger partial charge in [-0.05, 0) is 74.1 Å². The topological polar surface area (TPSA) is 49.9 Å². The number of benzene rings is 2. The summed E-state index contributed by atoms with van der Waals surface area (Å²) in [4.78, 5) is 30.0. The highest BCUT2D eigenvalue weighted by molar-refractivity contribution is 5.94. The summed E-state index contributed by atoms with van der Waals surface area (Å²) in [5, 5.41) is 0. The quantitative estimate of drug-likeness (QED) is 0.731. The molecule has 0 N–H and O–H groups in total. The summed E-state index contributed by atoms with van der Waals surface area (Å²) in [6.45, 7) is 1.85. The molecule has 0 aliphatic carbocycles. The molecule has 31 heavy (non-hydrogen) atoms. The molecule has 2 saturated heterocycles. The molecule has 5 nitrogen and oxygen atoms in total.